The quantitative estimate of drug-likeness (QED) is 0.440. The third-order valence-corrected chi connectivity index (χ3v) is 5.95. The molecule has 1 unspecified atom stereocenters. The Hall–Kier alpha value is -0.0800. The third kappa shape index (κ3) is 4.73. The molecular weight excluding hydrogens is 328 g/mol. The standard InChI is InChI=1S/C13H18N2OS4/c1-2-3-8-19-13-15(14-12(18)20-13)9-16-10-6-4-5-7-11(10)17/h4-7,13,17H,2-3,8-9H2,1H3,(H,14,18). The van der Waals surface area contributed by atoms with Crippen LogP contribution in [0.5, 0.6) is 5.75 Å². The normalized spacial score (nSPS) is 19.1. The molecule has 0 aliphatic carbocycles. The molecule has 1 fully saturated rings. The smallest absolute Gasteiger partial charge is 0.160 e. The fourth-order valence-electron chi connectivity index (χ4n) is 1.62. The van der Waals surface area contributed by atoms with Crippen molar-refractivity contribution in [1.82, 2.24) is 10.4 Å². The van der Waals surface area contributed by atoms with Crippen LogP contribution in [0.4, 0.5) is 0 Å². The van der Waals surface area contributed by atoms with Gasteiger partial charge in [-0.15, -0.1) is 24.4 Å². The second-order valence-corrected chi connectivity index (χ2v) is 7.98. The van der Waals surface area contributed by atoms with Crippen LogP contribution < -0.4 is 10.2 Å². The Labute approximate surface area is 139 Å². The fraction of sp³-hybridized carbons (Fsp3) is 0.462. The molecule has 0 radical (unpaired) electrons. The fourth-order valence-corrected chi connectivity index (χ4v) is 4.81. The molecule has 110 valence electrons. The highest BCUT2D eigenvalue weighted by molar-refractivity contribution is 8.30. The molecule has 7 heteroatoms. The van der Waals surface area contributed by atoms with Gasteiger partial charge < -0.3 is 4.74 Å². The van der Waals surface area contributed by atoms with Gasteiger partial charge in [-0.05, 0) is 24.3 Å². The van der Waals surface area contributed by atoms with E-state index < -0.39 is 0 Å². The van der Waals surface area contributed by atoms with Crippen molar-refractivity contribution >= 4 is 52.7 Å². The SMILES string of the molecule is CCCCSC1SC(=S)NN1COc1ccccc1S. The van der Waals surface area contributed by atoms with E-state index in [1.54, 1.807) is 11.8 Å². The Bertz CT molecular complexity index is 458. The summed E-state index contributed by atoms with van der Waals surface area (Å²) in [7, 11) is 0. The van der Waals surface area contributed by atoms with E-state index in [2.05, 4.69) is 25.0 Å². The summed E-state index contributed by atoms with van der Waals surface area (Å²) in [5.41, 5.74) is 3.18. The van der Waals surface area contributed by atoms with Gasteiger partial charge in [0.2, 0.25) is 0 Å². The van der Waals surface area contributed by atoms with E-state index in [0.717, 1.165) is 20.7 Å². The monoisotopic (exact) mass is 346 g/mol. The van der Waals surface area contributed by atoms with E-state index in [4.69, 9.17) is 17.0 Å². The summed E-state index contributed by atoms with van der Waals surface area (Å²) in [4.78, 5) is 0.845. The number of thioether (sulfide) groups is 2. The molecule has 1 aliphatic rings. The predicted molar refractivity (Wildman–Crippen MR) is 95.5 cm³/mol. The number of hydrogen-bond donors (Lipinski definition) is 2. The van der Waals surface area contributed by atoms with E-state index in [0.29, 0.717) is 6.73 Å². The Morgan fingerprint density at radius 3 is 3.05 bits per heavy atom. The van der Waals surface area contributed by atoms with Gasteiger partial charge in [-0.2, -0.15) is 5.01 Å². The van der Waals surface area contributed by atoms with Crippen LogP contribution in [0.1, 0.15) is 19.8 Å². The summed E-state index contributed by atoms with van der Waals surface area (Å²) in [6.07, 6.45) is 2.44. The van der Waals surface area contributed by atoms with E-state index in [1.807, 2.05) is 41.0 Å². The minimum Gasteiger partial charge on any atom is -0.475 e. The Morgan fingerprint density at radius 1 is 1.50 bits per heavy atom. The Morgan fingerprint density at radius 2 is 2.30 bits per heavy atom. The number of hydrogen-bond acceptors (Lipinski definition) is 6. The zero-order valence-corrected chi connectivity index (χ0v) is 14.6. The van der Waals surface area contributed by atoms with Gasteiger partial charge in [0.15, 0.2) is 11.1 Å². The number of thiocarbonyl (C=S) groups is 1. The number of nitrogens with zero attached hydrogens (tertiary/aromatic N) is 1. The van der Waals surface area contributed by atoms with E-state index >= 15 is 0 Å². The van der Waals surface area contributed by atoms with Crippen LogP contribution in [0, 0.1) is 0 Å². The zero-order chi connectivity index (χ0) is 14.4. The van der Waals surface area contributed by atoms with Crippen molar-refractivity contribution in [2.24, 2.45) is 0 Å². The maximum Gasteiger partial charge on any atom is 0.160 e. The maximum atomic E-state index is 5.81. The van der Waals surface area contributed by atoms with Crippen molar-refractivity contribution in [3.63, 3.8) is 0 Å². The molecule has 1 saturated heterocycles. The highest BCUT2D eigenvalue weighted by atomic mass is 32.2. The molecule has 1 aromatic rings. The van der Waals surface area contributed by atoms with E-state index in [-0.39, 0.29) is 4.71 Å². The van der Waals surface area contributed by atoms with Crippen molar-refractivity contribution in [2.75, 3.05) is 12.5 Å². The second-order valence-electron chi connectivity index (χ2n) is 4.26. The summed E-state index contributed by atoms with van der Waals surface area (Å²) in [6, 6.07) is 7.73. The van der Waals surface area contributed by atoms with Gasteiger partial charge in [0.25, 0.3) is 0 Å². The molecule has 0 aromatic heterocycles. The second kappa shape index (κ2) is 8.38. The van der Waals surface area contributed by atoms with Gasteiger partial charge in [-0.25, -0.2) is 0 Å². The van der Waals surface area contributed by atoms with E-state index in [1.165, 1.54) is 12.8 Å². The molecule has 0 bridgehead atoms. The molecule has 1 N–H and O–H groups in total. The summed E-state index contributed by atoms with van der Waals surface area (Å²) < 4.78 is 6.89. The number of ether oxygens (including phenoxy) is 1. The molecule has 1 atom stereocenters. The van der Waals surface area contributed by atoms with Crippen LogP contribution >= 0.6 is 48.4 Å². The average Bonchev–Trinajstić information content (AvgIpc) is 2.78. The largest absolute Gasteiger partial charge is 0.475 e. The summed E-state index contributed by atoms with van der Waals surface area (Å²) in [5, 5.41) is 2.04. The minimum atomic E-state index is 0.279. The zero-order valence-electron chi connectivity index (χ0n) is 11.2. The Kier molecular flexibility index (Phi) is 6.83. The molecule has 1 heterocycles. The number of nitrogens with one attached hydrogen (secondary N) is 1. The lowest BCUT2D eigenvalue weighted by Crippen LogP contribution is -2.39. The topological polar surface area (TPSA) is 24.5 Å². The van der Waals surface area contributed by atoms with Gasteiger partial charge in [-0.1, -0.05) is 49.5 Å². The Balaban J connectivity index is 1.86. The van der Waals surface area contributed by atoms with Crippen LogP contribution in [0.2, 0.25) is 0 Å². The van der Waals surface area contributed by atoms with Gasteiger partial charge in [-0.3, -0.25) is 5.43 Å². The molecule has 1 aliphatic heterocycles. The molecule has 3 nitrogen and oxygen atoms in total. The third-order valence-electron chi connectivity index (χ3n) is 2.68. The van der Waals surface area contributed by atoms with Gasteiger partial charge in [0, 0.05) is 4.90 Å². The highest BCUT2D eigenvalue weighted by Gasteiger charge is 2.29. The number of benzene rings is 1. The highest BCUT2D eigenvalue weighted by Crippen LogP contribution is 2.33. The molecule has 1 aromatic carbocycles. The first-order valence-corrected chi connectivity index (χ1v) is 9.25. The van der Waals surface area contributed by atoms with Crippen LogP contribution in [-0.2, 0) is 0 Å². The lowest BCUT2D eigenvalue weighted by Gasteiger charge is -2.22. The van der Waals surface area contributed by atoms with Gasteiger partial charge in [0.1, 0.15) is 10.5 Å². The number of thiol groups is 1. The van der Waals surface area contributed by atoms with Crippen LogP contribution in [-0.4, -0.2) is 26.5 Å². The van der Waals surface area contributed by atoms with Crippen molar-refractivity contribution in [3.8, 4) is 5.75 Å². The molecule has 0 spiro atoms. The van der Waals surface area contributed by atoms with E-state index in [9.17, 15) is 0 Å². The first-order valence-electron chi connectivity index (χ1n) is 6.47. The van der Waals surface area contributed by atoms with Crippen molar-refractivity contribution in [3.05, 3.63) is 24.3 Å². The summed E-state index contributed by atoms with van der Waals surface area (Å²) in [5.74, 6) is 1.93. The summed E-state index contributed by atoms with van der Waals surface area (Å²) >= 11 is 13.2. The van der Waals surface area contributed by atoms with Crippen LogP contribution in [0.25, 0.3) is 0 Å². The molecule has 0 amide bonds. The van der Waals surface area contributed by atoms with Crippen LogP contribution in [0.3, 0.4) is 0 Å². The number of rotatable bonds is 7. The number of para-hydroxylation sites is 1. The minimum absolute atomic E-state index is 0.279. The molecule has 20 heavy (non-hydrogen) atoms. The molecule has 2 rings (SSSR count). The molecular formula is C13H18N2OS4. The lowest BCUT2D eigenvalue weighted by molar-refractivity contribution is 0.118. The first kappa shape index (κ1) is 16.3. The predicted octanol–water partition coefficient (Wildman–Crippen LogP) is 3.97. The van der Waals surface area contributed by atoms with Crippen LogP contribution in [0.15, 0.2) is 29.2 Å². The van der Waals surface area contributed by atoms with Crippen molar-refractivity contribution in [1.29, 1.82) is 0 Å². The number of unbranched alkanes of at least 4 members (excludes halogenated alkanes) is 1. The summed E-state index contributed by atoms with van der Waals surface area (Å²) in [6.45, 7) is 2.66. The maximum absolute atomic E-state index is 5.81. The lowest BCUT2D eigenvalue weighted by atomic mass is 10.3. The first-order chi connectivity index (χ1) is 9.70. The van der Waals surface area contributed by atoms with Gasteiger partial charge in [0.05, 0.1) is 0 Å². The molecule has 0 saturated carbocycles. The average molecular weight is 347 g/mol. The van der Waals surface area contributed by atoms with Crippen molar-refractivity contribution < 1.29 is 4.74 Å². The van der Waals surface area contributed by atoms with Crippen molar-refractivity contribution in [2.45, 2.75) is 29.4 Å². The van der Waals surface area contributed by atoms with Gasteiger partial charge >= 0.3 is 0 Å². The number of hydrazine groups is 1.